The van der Waals surface area contributed by atoms with E-state index in [0.717, 1.165) is 12.8 Å². The molecule has 0 aliphatic rings. The molecule has 0 saturated heterocycles. The minimum Gasteiger partial charge on any atom is -0.497 e. The Morgan fingerprint density at radius 3 is 2.29 bits per heavy atom. The lowest BCUT2D eigenvalue weighted by Crippen LogP contribution is -2.31. The van der Waals surface area contributed by atoms with Gasteiger partial charge in [-0.15, -0.1) is 0 Å². The van der Waals surface area contributed by atoms with E-state index >= 15 is 0 Å². The Balaban J connectivity index is 1.81. The van der Waals surface area contributed by atoms with Crippen molar-refractivity contribution in [2.24, 2.45) is 0 Å². The van der Waals surface area contributed by atoms with Crippen LogP contribution < -0.4 is 19.5 Å². The molecule has 166 valence electrons. The largest absolute Gasteiger partial charge is 0.497 e. The van der Waals surface area contributed by atoms with Crippen molar-refractivity contribution in [3.8, 4) is 17.2 Å². The summed E-state index contributed by atoms with van der Waals surface area (Å²) >= 11 is 0. The molecule has 0 spiro atoms. The van der Waals surface area contributed by atoms with E-state index in [2.05, 4.69) is 12.2 Å². The zero-order chi connectivity index (χ0) is 22.6. The number of esters is 1. The number of hydrogen-bond donors (Lipinski definition) is 1. The monoisotopic (exact) mass is 429 g/mol. The second kappa shape index (κ2) is 12.2. The van der Waals surface area contributed by atoms with Crippen LogP contribution in [0.3, 0.4) is 0 Å². The lowest BCUT2D eigenvalue weighted by molar-refractivity contribution is -0.141. The second-order valence-electron chi connectivity index (χ2n) is 6.56. The number of ketones is 1. The van der Waals surface area contributed by atoms with Gasteiger partial charge in [0, 0.05) is 5.56 Å². The maximum absolute atomic E-state index is 12.4. The number of carbonyl (C=O) groups excluding carboxylic acids is 3. The molecule has 8 nitrogen and oxygen atoms in total. The van der Waals surface area contributed by atoms with E-state index in [1.165, 1.54) is 20.3 Å². The van der Waals surface area contributed by atoms with Gasteiger partial charge >= 0.3 is 5.97 Å². The van der Waals surface area contributed by atoms with Crippen LogP contribution in [0.2, 0.25) is 0 Å². The molecule has 2 aromatic rings. The van der Waals surface area contributed by atoms with E-state index in [9.17, 15) is 14.4 Å². The zero-order valence-electron chi connectivity index (χ0n) is 17.9. The van der Waals surface area contributed by atoms with Crippen LogP contribution in [0.25, 0.3) is 0 Å². The van der Waals surface area contributed by atoms with E-state index in [0.29, 0.717) is 29.4 Å². The summed E-state index contributed by atoms with van der Waals surface area (Å²) < 4.78 is 20.8. The second-order valence-corrected chi connectivity index (χ2v) is 6.56. The molecule has 1 amide bonds. The number of amides is 1. The first-order valence-corrected chi connectivity index (χ1v) is 9.90. The van der Waals surface area contributed by atoms with Crippen LogP contribution in [0.1, 0.15) is 40.5 Å². The van der Waals surface area contributed by atoms with Crippen molar-refractivity contribution in [1.29, 1.82) is 0 Å². The quantitative estimate of drug-likeness (QED) is 0.314. The van der Waals surface area contributed by atoms with Crippen molar-refractivity contribution in [3.05, 3.63) is 53.6 Å². The van der Waals surface area contributed by atoms with Crippen LogP contribution in [0, 0.1) is 0 Å². The van der Waals surface area contributed by atoms with Crippen LogP contribution in [0.5, 0.6) is 17.2 Å². The third-order valence-electron chi connectivity index (χ3n) is 4.35. The molecule has 2 aromatic carbocycles. The molecule has 0 atom stereocenters. The Morgan fingerprint density at radius 2 is 1.65 bits per heavy atom. The average molecular weight is 429 g/mol. The molecule has 0 aromatic heterocycles. The normalized spacial score (nSPS) is 10.2. The molecule has 31 heavy (non-hydrogen) atoms. The molecule has 1 N–H and O–H groups in total. The summed E-state index contributed by atoms with van der Waals surface area (Å²) in [6.07, 6.45) is 1.99. The molecule has 0 aliphatic carbocycles. The van der Waals surface area contributed by atoms with Crippen LogP contribution >= 0.6 is 0 Å². The number of benzene rings is 2. The lowest BCUT2D eigenvalue weighted by atomic mass is 10.1. The van der Waals surface area contributed by atoms with E-state index in [4.69, 9.17) is 18.9 Å². The van der Waals surface area contributed by atoms with Crippen molar-refractivity contribution < 1.29 is 33.3 Å². The van der Waals surface area contributed by atoms with Crippen LogP contribution in [0.4, 0.5) is 0 Å². The molecule has 0 unspecified atom stereocenters. The van der Waals surface area contributed by atoms with Crippen LogP contribution in [-0.4, -0.2) is 51.6 Å². The minimum absolute atomic E-state index is 0.236. The topological polar surface area (TPSA) is 100 Å². The standard InChI is InChI=1S/C23H27NO7/c1-4-5-12-30-17-8-6-16(7-9-17)23(27)24-14-22(26)31-15-20(25)19-13-18(28-2)10-11-21(19)29-3/h6-11,13H,4-5,12,14-15H2,1-3H3,(H,24,27). The van der Waals surface area contributed by atoms with Gasteiger partial charge in [0.1, 0.15) is 23.8 Å². The molecule has 0 saturated carbocycles. The summed E-state index contributed by atoms with van der Waals surface area (Å²) in [6, 6.07) is 11.4. The number of nitrogens with one attached hydrogen (secondary N) is 1. The lowest BCUT2D eigenvalue weighted by Gasteiger charge is -2.10. The van der Waals surface area contributed by atoms with Crippen molar-refractivity contribution in [1.82, 2.24) is 5.32 Å². The highest BCUT2D eigenvalue weighted by molar-refractivity contribution is 6.01. The van der Waals surface area contributed by atoms with Crippen LogP contribution in [0.15, 0.2) is 42.5 Å². The summed E-state index contributed by atoms with van der Waals surface area (Å²) in [6.45, 7) is 1.85. The molecule has 2 rings (SSSR count). The maximum Gasteiger partial charge on any atom is 0.325 e. The molecule has 8 heteroatoms. The number of methoxy groups -OCH3 is 2. The summed E-state index contributed by atoms with van der Waals surface area (Å²) in [5.41, 5.74) is 0.618. The first kappa shape index (κ1) is 23.7. The molecule has 0 fully saturated rings. The van der Waals surface area contributed by atoms with Gasteiger partial charge in [-0.05, 0) is 48.9 Å². The molecule has 0 radical (unpaired) electrons. The van der Waals surface area contributed by atoms with Gasteiger partial charge in [-0.25, -0.2) is 0 Å². The van der Waals surface area contributed by atoms with E-state index in [1.54, 1.807) is 36.4 Å². The van der Waals surface area contributed by atoms with Gasteiger partial charge in [-0.1, -0.05) is 13.3 Å². The zero-order valence-corrected chi connectivity index (χ0v) is 17.9. The number of rotatable bonds is 12. The molecular formula is C23H27NO7. The summed E-state index contributed by atoms with van der Waals surface area (Å²) in [7, 11) is 2.91. The molecular weight excluding hydrogens is 402 g/mol. The Hall–Kier alpha value is -3.55. The van der Waals surface area contributed by atoms with Gasteiger partial charge in [0.25, 0.3) is 5.91 Å². The smallest absolute Gasteiger partial charge is 0.325 e. The number of carbonyl (C=O) groups is 3. The predicted molar refractivity (Wildman–Crippen MR) is 114 cm³/mol. The van der Waals surface area contributed by atoms with Gasteiger partial charge < -0.3 is 24.3 Å². The third kappa shape index (κ3) is 7.33. The fourth-order valence-corrected chi connectivity index (χ4v) is 2.60. The highest BCUT2D eigenvalue weighted by Gasteiger charge is 2.16. The van der Waals surface area contributed by atoms with Gasteiger partial charge in [0.15, 0.2) is 6.61 Å². The first-order valence-electron chi connectivity index (χ1n) is 9.90. The van der Waals surface area contributed by atoms with Crippen molar-refractivity contribution in [2.75, 3.05) is 34.0 Å². The Morgan fingerprint density at radius 1 is 0.935 bits per heavy atom. The van der Waals surface area contributed by atoms with Gasteiger partial charge in [-0.3, -0.25) is 14.4 Å². The highest BCUT2D eigenvalue weighted by Crippen LogP contribution is 2.24. The molecule has 0 heterocycles. The van der Waals surface area contributed by atoms with Gasteiger partial charge in [0.05, 0.1) is 26.4 Å². The Bertz CT molecular complexity index is 893. The van der Waals surface area contributed by atoms with E-state index in [1.807, 2.05) is 0 Å². The van der Waals surface area contributed by atoms with Gasteiger partial charge in [0.2, 0.25) is 5.78 Å². The Kier molecular flexibility index (Phi) is 9.35. The average Bonchev–Trinajstić information content (AvgIpc) is 2.81. The SMILES string of the molecule is CCCCOc1ccc(C(=O)NCC(=O)OCC(=O)c2cc(OC)ccc2OC)cc1. The Labute approximate surface area is 181 Å². The fraction of sp³-hybridized carbons (Fsp3) is 0.348. The molecule has 0 bridgehead atoms. The fourth-order valence-electron chi connectivity index (χ4n) is 2.60. The minimum atomic E-state index is -0.733. The van der Waals surface area contributed by atoms with Crippen molar-refractivity contribution >= 4 is 17.7 Å². The number of unbranched alkanes of at least 4 members (excludes halogenated alkanes) is 1. The summed E-state index contributed by atoms with van der Waals surface area (Å²) in [4.78, 5) is 36.5. The number of hydrogen-bond acceptors (Lipinski definition) is 7. The van der Waals surface area contributed by atoms with Crippen LogP contribution in [-0.2, 0) is 9.53 Å². The summed E-state index contributed by atoms with van der Waals surface area (Å²) in [5, 5.41) is 2.46. The van der Waals surface area contributed by atoms with E-state index < -0.39 is 24.3 Å². The number of Topliss-reactive ketones (excluding diaryl/α,β-unsaturated/α-hetero) is 1. The highest BCUT2D eigenvalue weighted by atomic mass is 16.5. The van der Waals surface area contributed by atoms with Gasteiger partial charge in [-0.2, -0.15) is 0 Å². The predicted octanol–water partition coefficient (Wildman–Crippen LogP) is 3.04. The van der Waals surface area contributed by atoms with E-state index in [-0.39, 0.29) is 12.1 Å². The van der Waals surface area contributed by atoms with Crippen molar-refractivity contribution in [3.63, 3.8) is 0 Å². The third-order valence-corrected chi connectivity index (χ3v) is 4.35. The number of ether oxygens (including phenoxy) is 4. The maximum atomic E-state index is 12.4. The molecule has 0 aliphatic heterocycles. The summed E-state index contributed by atoms with van der Waals surface area (Å²) in [5.74, 6) is -0.118. The first-order chi connectivity index (χ1) is 15.0. The van der Waals surface area contributed by atoms with Crippen molar-refractivity contribution in [2.45, 2.75) is 19.8 Å².